The summed E-state index contributed by atoms with van der Waals surface area (Å²) in [5.41, 5.74) is 2.18. The van der Waals surface area contributed by atoms with Crippen molar-refractivity contribution >= 4 is 0 Å². The Bertz CT molecular complexity index is 543. The summed E-state index contributed by atoms with van der Waals surface area (Å²) < 4.78 is 4.08. The van der Waals surface area contributed by atoms with Crippen molar-refractivity contribution in [1.29, 1.82) is 0 Å². The monoisotopic (exact) mass is 202 g/mol. The molecule has 0 bridgehead atoms. The van der Waals surface area contributed by atoms with E-state index in [9.17, 15) is 0 Å². The Hall–Kier alpha value is -1.78. The fraction of sp³-hybridized carbons (Fsp3) is 0.400. The molecule has 0 N–H and O–H groups in total. The molecular weight excluding hydrogens is 190 g/mol. The first kappa shape index (κ1) is 8.52. The summed E-state index contributed by atoms with van der Waals surface area (Å²) in [6.07, 6.45) is 3.46. The van der Waals surface area contributed by atoms with E-state index < -0.39 is 0 Å². The number of fused-ring (bicyclic) bond motifs is 3. The molecule has 0 spiro atoms. The predicted octanol–water partition coefficient (Wildman–Crippen LogP) is 0.396. The van der Waals surface area contributed by atoms with Crippen LogP contribution < -0.4 is 4.57 Å². The van der Waals surface area contributed by atoms with Crippen LogP contribution in [0.25, 0.3) is 11.4 Å². The lowest BCUT2D eigenvalue weighted by Gasteiger charge is -2.01. The zero-order chi connectivity index (χ0) is 10.6. The molecule has 76 valence electrons. The van der Waals surface area contributed by atoms with Crippen molar-refractivity contribution in [3.8, 4) is 11.4 Å². The van der Waals surface area contributed by atoms with Gasteiger partial charge in [0.25, 0.3) is 11.6 Å². The molecule has 1 atom stereocenters. The first-order valence-corrected chi connectivity index (χ1v) is 4.95. The van der Waals surface area contributed by atoms with Crippen molar-refractivity contribution < 1.29 is 4.57 Å². The van der Waals surface area contributed by atoms with Gasteiger partial charge in [0.05, 0.1) is 18.3 Å². The minimum absolute atomic E-state index is 0.256. The van der Waals surface area contributed by atoms with Crippen LogP contribution in [0.4, 0.5) is 0 Å². The van der Waals surface area contributed by atoms with Crippen LogP contribution in [-0.2, 0) is 7.05 Å². The number of hydrogen-bond donors (Lipinski definition) is 0. The molecule has 0 amide bonds. The first-order chi connectivity index (χ1) is 7.20. The number of nitrogens with zero attached hydrogens (tertiary/aromatic N) is 5. The standard InChI is InChI=1S/C10H12N5/c1-6-9-8(4-11-5-12-9)10-14(3)13-7(2)15(6)10/h4-6H,1-3H3/q+1. The van der Waals surface area contributed by atoms with Crippen molar-refractivity contribution in [2.45, 2.75) is 19.9 Å². The fourth-order valence-corrected chi connectivity index (χ4v) is 2.36. The predicted molar refractivity (Wildman–Crippen MR) is 53.0 cm³/mol. The van der Waals surface area contributed by atoms with E-state index >= 15 is 0 Å². The fourth-order valence-electron chi connectivity index (χ4n) is 2.36. The van der Waals surface area contributed by atoms with Gasteiger partial charge in [-0.2, -0.15) is 0 Å². The molecular formula is C10H12N5+. The van der Waals surface area contributed by atoms with Crippen molar-refractivity contribution in [2.24, 2.45) is 7.05 Å². The molecule has 0 saturated carbocycles. The number of aryl methyl sites for hydroxylation is 2. The van der Waals surface area contributed by atoms with Crippen molar-refractivity contribution in [3.63, 3.8) is 0 Å². The van der Waals surface area contributed by atoms with Crippen molar-refractivity contribution in [2.75, 3.05) is 0 Å². The third kappa shape index (κ3) is 0.921. The Labute approximate surface area is 87.4 Å². The van der Waals surface area contributed by atoms with Gasteiger partial charge in [-0.15, -0.1) is 4.68 Å². The Morgan fingerprint density at radius 2 is 2.27 bits per heavy atom. The molecule has 0 aromatic carbocycles. The van der Waals surface area contributed by atoms with E-state index in [-0.39, 0.29) is 6.04 Å². The van der Waals surface area contributed by atoms with Crippen LogP contribution in [0.5, 0.6) is 0 Å². The zero-order valence-corrected chi connectivity index (χ0v) is 8.97. The van der Waals surface area contributed by atoms with Crippen molar-refractivity contribution in [1.82, 2.24) is 19.7 Å². The topological polar surface area (TPSA) is 47.5 Å². The summed E-state index contributed by atoms with van der Waals surface area (Å²) in [4.78, 5) is 8.41. The lowest BCUT2D eigenvalue weighted by Crippen LogP contribution is -2.38. The van der Waals surface area contributed by atoms with Gasteiger partial charge in [-0.25, -0.2) is 14.5 Å². The lowest BCUT2D eigenvalue weighted by molar-refractivity contribution is -0.701. The molecule has 3 rings (SSSR count). The second kappa shape index (κ2) is 2.62. The van der Waals surface area contributed by atoms with E-state index in [1.54, 1.807) is 6.33 Å². The SMILES string of the molecule is Cc1nn(C)c2[n+]1C(C)c1ncncc1-2. The highest BCUT2D eigenvalue weighted by Crippen LogP contribution is 2.30. The van der Waals surface area contributed by atoms with Crippen LogP contribution in [-0.4, -0.2) is 19.7 Å². The van der Waals surface area contributed by atoms with Gasteiger partial charge in [0.1, 0.15) is 12.4 Å². The highest BCUT2D eigenvalue weighted by Gasteiger charge is 2.37. The maximum absolute atomic E-state index is 4.41. The molecule has 1 aliphatic heterocycles. The molecule has 2 aromatic heterocycles. The van der Waals surface area contributed by atoms with Gasteiger partial charge in [0, 0.05) is 18.2 Å². The Kier molecular flexibility index (Phi) is 1.49. The van der Waals surface area contributed by atoms with Crippen LogP contribution in [0.3, 0.4) is 0 Å². The van der Waals surface area contributed by atoms with Gasteiger partial charge in [0.2, 0.25) is 0 Å². The molecule has 1 aliphatic rings. The molecule has 1 unspecified atom stereocenters. The minimum Gasteiger partial charge on any atom is -0.244 e. The average molecular weight is 202 g/mol. The molecule has 0 fully saturated rings. The van der Waals surface area contributed by atoms with Crippen LogP contribution in [0, 0.1) is 6.92 Å². The maximum atomic E-state index is 4.41. The molecule has 0 radical (unpaired) electrons. The van der Waals surface area contributed by atoms with E-state index in [0.717, 1.165) is 22.9 Å². The Morgan fingerprint density at radius 3 is 3.07 bits per heavy atom. The summed E-state index contributed by atoms with van der Waals surface area (Å²) in [5, 5.41) is 4.41. The van der Waals surface area contributed by atoms with E-state index in [1.807, 2.05) is 24.9 Å². The van der Waals surface area contributed by atoms with E-state index in [2.05, 4.69) is 26.6 Å². The second-order valence-corrected chi connectivity index (χ2v) is 3.86. The highest BCUT2D eigenvalue weighted by molar-refractivity contribution is 5.57. The van der Waals surface area contributed by atoms with E-state index in [4.69, 9.17) is 0 Å². The molecule has 15 heavy (non-hydrogen) atoms. The quantitative estimate of drug-likeness (QED) is 0.581. The van der Waals surface area contributed by atoms with Gasteiger partial charge in [0.15, 0.2) is 0 Å². The van der Waals surface area contributed by atoms with E-state index in [0.29, 0.717) is 0 Å². The van der Waals surface area contributed by atoms with E-state index in [1.165, 1.54) is 0 Å². The minimum atomic E-state index is 0.256. The van der Waals surface area contributed by atoms with Crippen molar-refractivity contribution in [3.05, 3.63) is 24.0 Å². The summed E-state index contributed by atoms with van der Waals surface area (Å²) in [6, 6.07) is 0.256. The largest absolute Gasteiger partial charge is 0.275 e. The highest BCUT2D eigenvalue weighted by atomic mass is 15.4. The van der Waals surface area contributed by atoms with Gasteiger partial charge >= 0.3 is 0 Å². The molecule has 2 aromatic rings. The third-order valence-corrected chi connectivity index (χ3v) is 2.95. The van der Waals surface area contributed by atoms with Crippen LogP contribution in [0.2, 0.25) is 0 Å². The number of rotatable bonds is 0. The summed E-state index contributed by atoms with van der Waals surface area (Å²) in [7, 11) is 1.95. The van der Waals surface area contributed by atoms with Crippen LogP contribution in [0.1, 0.15) is 24.5 Å². The molecule has 0 saturated heterocycles. The lowest BCUT2D eigenvalue weighted by atomic mass is 10.2. The number of aromatic nitrogens is 5. The smallest absolute Gasteiger partial charge is 0.244 e. The molecule has 5 heteroatoms. The molecule has 3 heterocycles. The third-order valence-electron chi connectivity index (χ3n) is 2.95. The Balaban J connectivity index is 2.40. The van der Waals surface area contributed by atoms with Gasteiger partial charge < -0.3 is 0 Å². The normalized spacial score (nSPS) is 17.7. The van der Waals surface area contributed by atoms with Crippen LogP contribution in [0.15, 0.2) is 12.5 Å². The summed E-state index contributed by atoms with van der Waals surface area (Å²) in [6.45, 7) is 4.15. The first-order valence-electron chi connectivity index (χ1n) is 4.95. The maximum Gasteiger partial charge on any atom is 0.275 e. The van der Waals surface area contributed by atoms with Gasteiger partial charge in [-0.05, 0) is 6.92 Å². The number of hydrogen-bond acceptors (Lipinski definition) is 3. The average Bonchev–Trinajstić information content (AvgIpc) is 2.68. The summed E-state index contributed by atoms with van der Waals surface area (Å²) >= 11 is 0. The second-order valence-electron chi connectivity index (χ2n) is 3.86. The van der Waals surface area contributed by atoms with Crippen LogP contribution >= 0.6 is 0 Å². The molecule has 5 nitrogen and oxygen atoms in total. The zero-order valence-electron chi connectivity index (χ0n) is 8.97. The Morgan fingerprint density at radius 1 is 1.47 bits per heavy atom. The van der Waals surface area contributed by atoms with Gasteiger partial charge in [-0.1, -0.05) is 0 Å². The molecule has 0 aliphatic carbocycles. The van der Waals surface area contributed by atoms with Gasteiger partial charge in [-0.3, -0.25) is 0 Å². The summed E-state index contributed by atoms with van der Waals surface area (Å²) in [5.74, 6) is 2.11.